The number of hydrogen-bond acceptors (Lipinski definition) is 5. The van der Waals surface area contributed by atoms with E-state index in [1.54, 1.807) is 48.7 Å². The molecule has 1 aromatic carbocycles. The van der Waals surface area contributed by atoms with Crippen molar-refractivity contribution in [3.05, 3.63) is 71.6 Å². The highest BCUT2D eigenvalue weighted by atomic mass is 16.5. The van der Waals surface area contributed by atoms with Crippen molar-refractivity contribution >= 4 is 23.8 Å². The number of amides is 1. The molecule has 0 aliphatic carbocycles. The first kappa shape index (κ1) is 17.1. The Kier molecular flexibility index (Phi) is 5.99. The second kappa shape index (κ2) is 8.40. The van der Waals surface area contributed by atoms with Crippen molar-refractivity contribution in [1.82, 2.24) is 10.5 Å². The molecule has 0 saturated carbocycles. The Morgan fingerprint density at radius 3 is 2.58 bits per heavy atom. The fourth-order valence-corrected chi connectivity index (χ4v) is 1.92. The molecule has 0 bridgehead atoms. The van der Waals surface area contributed by atoms with Gasteiger partial charge in [0.15, 0.2) is 5.78 Å². The van der Waals surface area contributed by atoms with Crippen LogP contribution in [0.5, 0.6) is 5.75 Å². The summed E-state index contributed by atoms with van der Waals surface area (Å²) in [4.78, 5) is 27.2. The number of nitrogens with zero attached hydrogens (tertiary/aromatic N) is 1. The highest BCUT2D eigenvalue weighted by Gasteiger charge is 2.07. The molecule has 0 unspecified atom stereocenters. The molecule has 0 spiro atoms. The molecule has 0 saturated heterocycles. The standard InChI is InChI=1S/C18H16N2O4/c1-24-17-5-3-2-4-15(17)16(21)10-7-13-6-8-14(19-12-13)9-11-18(22)20-23/h2-12,23H,1H3,(H,20,22)/b10-7+,11-9+. The van der Waals surface area contributed by atoms with Gasteiger partial charge in [-0.15, -0.1) is 0 Å². The zero-order valence-corrected chi connectivity index (χ0v) is 13.0. The highest BCUT2D eigenvalue weighted by molar-refractivity contribution is 6.08. The molecule has 24 heavy (non-hydrogen) atoms. The molecule has 0 aliphatic rings. The van der Waals surface area contributed by atoms with Crippen molar-refractivity contribution < 1.29 is 19.5 Å². The molecule has 122 valence electrons. The number of carbonyl (C=O) groups excluding carboxylic acids is 2. The zero-order chi connectivity index (χ0) is 17.4. The lowest BCUT2D eigenvalue weighted by Crippen LogP contribution is -2.14. The average Bonchev–Trinajstić information content (AvgIpc) is 2.64. The average molecular weight is 324 g/mol. The summed E-state index contributed by atoms with van der Waals surface area (Å²) >= 11 is 0. The molecule has 0 fully saturated rings. The van der Waals surface area contributed by atoms with E-state index in [0.29, 0.717) is 17.0 Å². The Morgan fingerprint density at radius 2 is 1.92 bits per heavy atom. The molecule has 6 heteroatoms. The van der Waals surface area contributed by atoms with Gasteiger partial charge in [-0.1, -0.05) is 18.2 Å². The van der Waals surface area contributed by atoms with Gasteiger partial charge in [-0.05, 0) is 42.0 Å². The van der Waals surface area contributed by atoms with Gasteiger partial charge in [0, 0.05) is 12.3 Å². The summed E-state index contributed by atoms with van der Waals surface area (Å²) in [5.41, 5.74) is 3.26. The fourth-order valence-electron chi connectivity index (χ4n) is 1.92. The number of aromatic nitrogens is 1. The van der Waals surface area contributed by atoms with Crippen molar-refractivity contribution in [2.24, 2.45) is 0 Å². The van der Waals surface area contributed by atoms with E-state index in [1.807, 2.05) is 0 Å². The van der Waals surface area contributed by atoms with Crippen LogP contribution in [0, 0.1) is 0 Å². The predicted octanol–water partition coefficient (Wildman–Crippen LogP) is 2.50. The largest absolute Gasteiger partial charge is 0.496 e. The van der Waals surface area contributed by atoms with Crippen LogP contribution in [0.1, 0.15) is 21.6 Å². The zero-order valence-electron chi connectivity index (χ0n) is 13.0. The number of pyridine rings is 1. The number of allylic oxidation sites excluding steroid dienone is 1. The van der Waals surface area contributed by atoms with Crippen LogP contribution in [-0.2, 0) is 4.79 Å². The number of carbonyl (C=O) groups is 2. The lowest BCUT2D eigenvalue weighted by Gasteiger charge is -2.04. The quantitative estimate of drug-likeness (QED) is 0.369. The minimum Gasteiger partial charge on any atom is -0.496 e. The normalized spacial score (nSPS) is 10.9. The summed E-state index contributed by atoms with van der Waals surface area (Å²) in [6.07, 6.45) is 7.28. The van der Waals surface area contributed by atoms with Crippen LogP contribution in [-0.4, -0.2) is 29.0 Å². The van der Waals surface area contributed by atoms with Crippen LogP contribution in [0.3, 0.4) is 0 Å². The number of methoxy groups -OCH3 is 1. The van der Waals surface area contributed by atoms with Crippen LogP contribution in [0.25, 0.3) is 12.2 Å². The molecule has 0 radical (unpaired) electrons. The first-order valence-corrected chi connectivity index (χ1v) is 7.07. The van der Waals surface area contributed by atoms with Crippen molar-refractivity contribution in [1.29, 1.82) is 0 Å². The monoisotopic (exact) mass is 324 g/mol. The van der Waals surface area contributed by atoms with Crippen LogP contribution in [0.2, 0.25) is 0 Å². The van der Waals surface area contributed by atoms with Crippen LogP contribution in [0.4, 0.5) is 0 Å². The van der Waals surface area contributed by atoms with E-state index in [0.717, 1.165) is 11.6 Å². The van der Waals surface area contributed by atoms with E-state index in [-0.39, 0.29) is 5.78 Å². The lowest BCUT2D eigenvalue weighted by molar-refractivity contribution is -0.124. The minimum absolute atomic E-state index is 0.170. The van der Waals surface area contributed by atoms with Gasteiger partial charge in [0.1, 0.15) is 5.75 Å². The van der Waals surface area contributed by atoms with E-state index in [2.05, 4.69) is 4.98 Å². The van der Waals surface area contributed by atoms with Crippen LogP contribution >= 0.6 is 0 Å². The summed E-state index contributed by atoms with van der Waals surface area (Å²) in [6, 6.07) is 10.4. The van der Waals surface area contributed by atoms with Crippen molar-refractivity contribution in [2.45, 2.75) is 0 Å². The number of rotatable bonds is 6. The first-order valence-electron chi connectivity index (χ1n) is 7.07. The predicted molar refractivity (Wildman–Crippen MR) is 89.6 cm³/mol. The van der Waals surface area contributed by atoms with Crippen LogP contribution < -0.4 is 10.2 Å². The van der Waals surface area contributed by atoms with Gasteiger partial charge in [-0.3, -0.25) is 19.8 Å². The van der Waals surface area contributed by atoms with E-state index in [9.17, 15) is 9.59 Å². The molecule has 1 amide bonds. The number of hydroxylamine groups is 1. The summed E-state index contributed by atoms with van der Waals surface area (Å²) in [5.74, 6) is -0.285. The molecule has 1 heterocycles. The molecule has 1 aromatic heterocycles. The Bertz CT molecular complexity index is 780. The molecule has 2 N–H and O–H groups in total. The van der Waals surface area contributed by atoms with Crippen molar-refractivity contribution in [2.75, 3.05) is 7.11 Å². The van der Waals surface area contributed by atoms with E-state index < -0.39 is 5.91 Å². The third-order valence-corrected chi connectivity index (χ3v) is 3.12. The summed E-state index contributed by atoms with van der Waals surface area (Å²) < 4.78 is 5.16. The molecule has 0 atom stereocenters. The number of benzene rings is 1. The molecular weight excluding hydrogens is 308 g/mol. The fraction of sp³-hybridized carbons (Fsp3) is 0.0556. The molecule has 2 rings (SSSR count). The van der Waals surface area contributed by atoms with E-state index in [4.69, 9.17) is 9.94 Å². The SMILES string of the molecule is COc1ccccc1C(=O)/C=C/c1ccc(/C=C/C(=O)NO)nc1. The van der Waals surface area contributed by atoms with Gasteiger partial charge in [0.2, 0.25) is 0 Å². The third kappa shape index (κ3) is 4.62. The Balaban J connectivity index is 2.08. The van der Waals surface area contributed by atoms with Gasteiger partial charge in [-0.25, -0.2) is 5.48 Å². The van der Waals surface area contributed by atoms with E-state index >= 15 is 0 Å². The second-order valence-corrected chi connectivity index (χ2v) is 4.72. The van der Waals surface area contributed by atoms with Crippen LogP contribution in [0.15, 0.2) is 54.7 Å². The smallest absolute Gasteiger partial charge is 0.267 e. The molecule has 6 nitrogen and oxygen atoms in total. The number of hydrogen-bond donors (Lipinski definition) is 2. The van der Waals surface area contributed by atoms with E-state index in [1.165, 1.54) is 24.7 Å². The Morgan fingerprint density at radius 1 is 1.12 bits per heavy atom. The maximum atomic E-state index is 12.2. The van der Waals surface area contributed by atoms with Gasteiger partial charge in [0.05, 0.1) is 18.4 Å². The highest BCUT2D eigenvalue weighted by Crippen LogP contribution is 2.18. The number of ether oxygens (including phenoxy) is 1. The topological polar surface area (TPSA) is 88.5 Å². The van der Waals surface area contributed by atoms with Crippen molar-refractivity contribution in [3.63, 3.8) is 0 Å². The molecular formula is C18H16N2O4. The third-order valence-electron chi connectivity index (χ3n) is 3.12. The minimum atomic E-state index is -0.636. The maximum Gasteiger partial charge on any atom is 0.267 e. The van der Waals surface area contributed by atoms with Gasteiger partial charge in [0.25, 0.3) is 5.91 Å². The Hall–Kier alpha value is -3.25. The second-order valence-electron chi connectivity index (χ2n) is 4.72. The first-order chi connectivity index (χ1) is 11.6. The summed E-state index contributed by atoms with van der Waals surface area (Å²) in [6.45, 7) is 0. The molecule has 2 aromatic rings. The number of nitrogens with one attached hydrogen (secondary N) is 1. The van der Waals surface area contributed by atoms with Gasteiger partial charge < -0.3 is 4.74 Å². The number of ketones is 1. The summed E-state index contributed by atoms with van der Waals surface area (Å²) in [5, 5.41) is 8.39. The number of para-hydroxylation sites is 1. The lowest BCUT2D eigenvalue weighted by atomic mass is 10.1. The maximum absolute atomic E-state index is 12.2. The Labute approximate surface area is 139 Å². The van der Waals surface area contributed by atoms with Gasteiger partial charge >= 0.3 is 0 Å². The summed E-state index contributed by atoms with van der Waals surface area (Å²) in [7, 11) is 1.52. The van der Waals surface area contributed by atoms with Gasteiger partial charge in [-0.2, -0.15) is 0 Å². The molecule has 0 aliphatic heterocycles. The van der Waals surface area contributed by atoms with Crippen molar-refractivity contribution in [3.8, 4) is 5.75 Å².